The fourth-order valence-corrected chi connectivity index (χ4v) is 1.26. The van der Waals surface area contributed by atoms with Crippen LogP contribution in [-0.4, -0.2) is 0 Å². The SMILES string of the molecule is CCC=C(C)CC=C(C)CCC. The van der Waals surface area contributed by atoms with Crippen LogP contribution in [0.15, 0.2) is 23.3 Å². The molecule has 0 radical (unpaired) electrons. The molecule has 0 unspecified atom stereocenters. The van der Waals surface area contributed by atoms with E-state index in [-0.39, 0.29) is 0 Å². The molecule has 0 aromatic heterocycles. The highest BCUT2D eigenvalue weighted by molar-refractivity contribution is 5.08. The lowest BCUT2D eigenvalue weighted by molar-refractivity contribution is 0.897. The van der Waals surface area contributed by atoms with Gasteiger partial charge in [0.05, 0.1) is 0 Å². The van der Waals surface area contributed by atoms with Gasteiger partial charge in [-0.15, -0.1) is 0 Å². The van der Waals surface area contributed by atoms with Crippen molar-refractivity contribution in [3.63, 3.8) is 0 Å². The zero-order valence-corrected chi connectivity index (χ0v) is 8.98. The molecule has 0 heteroatoms. The van der Waals surface area contributed by atoms with Crippen LogP contribution in [-0.2, 0) is 0 Å². The Balaban J connectivity index is 3.78. The van der Waals surface area contributed by atoms with Crippen LogP contribution < -0.4 is 0 Å². The third-order valence-electron chi connectivity index (χ3n) is 1.97. The summed E-state index contributed by atoms with van der Waals surface area (Å²) in [4.78, 5) is 0. The Kier molecular flexibility index (Phi) is 6.84. The molecule has 0 bridgehead atoms. The van der Waals surface area contributed by atoms with Crippen molar-refractivity contribution in [1.82, 2.24) is 0 Å². The van der Waals surface area contributed by atoms with Gasteiger partial charge in [-0.05, 0) is 33.1 Å². The second-order valence-electron chi connectivity index (χ2n) is 3.46. The summed E-state index contributed by atoms with van der Waals surface area (Å²) in [6.45, 7) is 8.85. The molecule has 0 saturated carbocycles. The number of rotatable bonds is 5. The molecule has 0 aliphatic heterocycles. The summed E-state index contributed by atoms with van der Waals surface area (Å²) in [5.41, 5.74) is 3.02. The molecule has 0 fully saturated rings. The Hall–Kier alpha value is -0.520. The first-order valence-electron chi connectivity index (χ1n) is 5.02. The van der Waals surface area contributed by atoms with E-state index in [4.69, 9.17) is 0 Å². The monoisotopic (exact) mass is 166 g/mol. The quantitative estimate of drug-likeness (QED) is 0.528. The van der Waals surface area contributed by atoms with Gasteiger partial charge in [0.2, 0.25) is 0 Å². The van der Waals surface area contributed by atoms with Gasteiger partial charge in [-0.25, -0.2) is 0 Å². The van der Waals surface area contributed by atoms with E-state index in [2.05, 4.69) is 39.8 Å². The summed E-state index contributed by atoms with van der Waals surface area (Å²) in [6, 6.07) is 0. The molecule has 70 valence electrons. The maximum atomic E-state index is 2.35. The first-order chi connectivity index (χ1) is 5.70. The van der Waals surface area contributed by atoms with Crippen molar-refractivity contribution in [3.8, 4) is 0 Å². The maximum Gasteiger partial charge on any atom is -0.0139 e. The summed E-state index contributed by atoms with van der Waals surface area (Å²) in [7, 11) is 0. The average Bonchev–Trinajstić information content (AvgIpc) is 2.02. The van der Waals surface area contributed by atoms with Crippen molar-refractivity contribution in [2.24, 2.45) is 0 Å². The summed E-state index contributed by atoms with van der Waals surface area (Å²) < 4.78 is 0. The highest BCUT2D eigenvalue weighted by Gasteiger charge is 1.88. The lowest BCUT2D eigenvalue weighted by Crippen LogP contribution is -1.78. The number of hydrogen-bond donors (Lipinski definition) is 0. The smallest absolute Gasteiger partial charge is 0.0139 e. The number of hydrogen-bond acceptors (Lipinski definition) is 0. The summed E-state index contributed by atoms with van der Waals surface area (Å²) in [5.74, 6) is 0. The van der Waals surface area contributed by atoms with E-state index in [9.17, 15) is 0 Å². The van der Waals surface area contributed by atoms with Gasteiger partial charge in [-0.2, -0.15) is 0 Å². The minimum Gasteiger partial charge on any atom is -0.0856 e. The molecule has 0 heterocycles. The van der Waals surface area contributed by atoms with E-state index in [1.54, 1.807) is 0 Å². The lowest BCUT2D eigenvalue weighted by atomic mass is 10.1. The van der Waals surface area contributed by atoms with Crippen molar-refractivity contribution in [2.45, 2.75) is 53.4 Å². The second kappa shape index (κ2) is 7.15. The topological polar surface area (TPSA) is 0 Å². The zero-order chi connectivity index (χ0) is 9.40. The van der Waals surface area contributed by atoms with Gasteiger partial charge in [0, 0.05) is 0 Å². The Bertz CT molecular complexity index is 161. The van der Waals surface area contributed by atoms with Crippen LogP contribution in [0.2, 0.25) is 0 Å². The van der Waals surface area contributed by atoms with Crippen LogP contribution in [0.1, 0.15) is 53.4 Å². The van der Waals surface area contributed by atoms with Gasteiger partial charge in [-0.3, -0.25) is 0 Å². The predicted molar refractivity (Wildman–Crippen MR) is 57.3 cm³/mol. The number of allylic oxidation sites excluding steroid dienone is 4. The molecule has 0 aliphatic rings. The molecule has 0 atom stereocenters. The first-order valence-corrected chi connectivity index (χ1v) is 5.02. The normalized spacial score (nSPS) is 13.7. The first kappa shape index (κ1) is 11.5. The van der Waals surface area contributed by atoms with Crippen molar-refractivity contribution < 1.29 is 0 Å². The standard InChI is InChI=1S/C12H22/c1-5-7-11(3)9-10-12(4)8-6-2/h7,10H,5-6,8-9H2,1-4H3. The minimum atomic E-state index is 1.14. The molecule has 0 rings (SSSR count). The molecular formula is C12H22. The van der Waals surface area contributed by atoms with Crippen molar-refractivity contribution in [1.29, 1.82) is 0 Å². The summed E-state index contributed by atoms with van der Waals surface area (Å²) in [5, 5.41) is 0. The van der Waals surface area contributed by atoms with Gasteiger partial charge >= 0.3 is 0 Å². The average molecular weight is 166 g/mol. The van der Waals surface area contributed by atoms with Gasteiger partial charge in [-0.1, -0.05) is 43.6 Å². The molecule has 0 aromatic carbocycles. The Morgan fingerprint density at radius 3 is 2.17 bits per heavy atom. The van der Waals surface area contributed by atoms with E-state index in [1.807, 2.05) is 0 Å². The zero-order valence-electron chi connectivity index (χ0n) is 8.98. The molecule has 0 aromatic rings. The van der Waals surface area contributed by atoms with Crippen LogP contribution in [0.3, 0.4) is 0 Å². The Morgan fingerprint density at radius 1 is 1.00 bits per heavy atom. The van der Waals surface area contributed by atoms with Gasteiger partial charge in [0.1, 0.15) is 0 Å². The highest BCUT2D eigenvalue weighted by atomic mass is 13.9. The van der Waals surface area contributed by atoms with E-state index in [0.29, 0.717) is 0 Å². The molecule has 0 nitrogen and oxygen atoms in total. The third-order valence-corrected chi connectivity index (χ3v) is 1.97. The third kappa shape index (κ3) is 6.21. The largest absolute Gasteiger partial charge is 0.0856 e. The molecule has 0 N–H and O–H groups in total. The van der Waals surface area contributed by atoms with E-state index in [0.717, 1.165) is 12.8 Å². The predicted octanol–water partition coefficient (Wildman–Crippen LogP) is 4.48. The van der Waals surface area contributed by atoms with Gasteiger partial charge < -0.3 is 0 Å². The summed E-state index contributed by atoms with van der Waals surface area (Å²) in [6.07, 6.45) is 9.46. The lowest BCUT2D eigenvalue weighted by Gasteiger charge is -1.98. The molecule has 0 amide bonds. The highest BCUT2D eigenvalue weighted by Crippen LogP contribution is 2.09. The van der Waals surface area contributed by atoms with E-state index < -0.39 is 0 Å². The molecule has 0 saturated heterocycles. The van der Waals surface area contributed by atoms with Crippen LogP contribution in [0.4, 0.5) is 0 Å². The van der Waals surface area contributed by atoms with E-state index >= 15 is 0 Å². The Morgan fingerprint density at radius 2 is 1.67 bits per heavy atom. The van der Waals surface area contributed by atoms with Crippen molar-refractivity contribution in [2.75, 3.05) is 0 Å². The van der Waals surface area contributed by atoms with Crippen LogP contribution in [0.25, 0.3) is 0 Å². The minimum absolute atomic E-state index is 1.14. The molecule has 0 aliphatic carbocycles. The second-order valence-corrected chi connectivity index (χ2v) is 3.46. The Labute approximate surface area is 77.4 Å². The van der Waals surface area contributed by atoms with Crippen molar-refractivity contribution in [3.05, 3.63) is 23.3 Å². The van der Waals surface area contributed by atoms with E-state index in [1.165, 1.54) is 24.0 Å². The fraction of sp³-hybridized carbons (Fsp3) is 0.667. The van der Waals surface area contributed by atoms with Crippen LogP contribution >= 0.6 is 0 Å². The maximum absolute atomic E-state index is 2.35. The molecular weight excluding hydrogens is 144 g/mol. The van der Waals surface area contributed by atoms with Crippen molar-refractivity contribution >= 4 is 0 Å². The molecule has 0 spiro atoms. The van der Waals surface area contributed by atoms with Gasteiger partial charge in [0.25, 0.3) is 0 Å². The van der Waals surface area contributed by atoms with Crippen LogP contribution in [0, 0.1) is 0 Å². The van der Waals surface area contributed by atoms with Gasteiger partial charge in [0.15, 0.2) is 0 Å². The molecule has 12 heavy (non-hydrogen) atoms. The fourth-order valence-electron chi connectivity index (χ4n) is 1.26. The van der Waals surface area contributed by atoms with Crippen LogP contribution in [0.5, 0.6) is 0 Å². The summed E-state index contributed by atoms with van der Waals surface area (Å²) >= 11 is 0.